The van der Waals surface area contributed by atoms with Gasteiger partial charge in [-0.05, 0) is 40.2 Å². The van der Waals surface area contributed by atoms with Crippen molar-refractivity contribution < 1.29 is 24.0 Å². The van der Waals surface area contributed by atoms with Crippen molar-refractivity contribution in [1.29, 1.82) is 0 Å². The SMILES string of the molecule is COc1ccc(C(=O)NCC(=O)NNC(=O)c2ccccc2Br)cc1[N+](=O)[O-]. The van der Waals surface area contributed by atoms with Crippen molar-refractivity contribution in [3.05, 3.63) is 68.2 Å². The average molecular weight is 451 g/mol. The van der Waals surface area contributed by atoms with E-state index in [1.54, 1.807) is 24.3 Å². The molecule has 10 nitrogen and oxygen atoms in total. The first-order valence-electron chi connectivity index (χ1n) is 7.77. The van der Waals surface area contributed by atoms with E-state index in [2.05, 4.69) is 32.1 Å². The Hall–Kier alpha value is -3.47. The van der Waals surface area contributed by atoms with E-state index in [0.717, 1.165) is 6.07 Å². The number of hydrazine groups is 1. The monoisotopic (exact) mass is 450 g/mol. The zero-order valence-electron chi connectivity index (χ0n) is 14.5. The summed E-state index contributed by atoms with van der Waals surface area (Å²) in [5, 5.41) is 13.3. The van der Waals surface area contributed by atoms with Crippen molar-refractivity contribution in [2.75, 3.05) is 13.7 Å². The number of ether oxygens (including phenoxy) is 1. The van der Waals surface area contributed by atoms with Gasteiger partial charge in [0.05, 0.1) is 24.1 Å². The number of rotatable bonds is 6. The summed E-state index contributed by atoms with van der Waals surface area (Å²) >= 11 is 3.22. The van der Waals surface area contributed by atoms with E-state index < -0.39 is 29.2 Å². The Morgan fingerprint density at radius 1 is 1.11 bits per heavy atom. The number of hydrogen-bond acceptors (Lipinski definition) is 6. The molecule has 2 aromatic carbocycles. The summed E-state index contributed by atoms with van der Waals surface area (Å²) in [4.78, 5) is 46.2. The van der Waals surface area contributed by atoms with Gasteiger partial charge in [-0.3, -0.25) is 35.3 Å². The highest BCUT2D eigenvalue weighted by Crippen LogP contribution is 2.27. The van der Waals surface area contributed by atoms with Gasteiger partial charge in [0.15, 0.2) is 5.75 Å². The number of nitro benzene ring substituents is 1. The van der Waals surface area contributed by atoms with Crippen LogP contribution in [0.25, 0.3) is 0 Å². The maximum atomic E-state index is 12.1. The summed E-state index contributed by atoms with van der Waals surface area (Å²) in [5.74, 6) is -1.91. The maximum absolute atomic E-state index is 12.1. The number of hydrogen-bond donors (Lipinski definition) is 3. The molecule has 0 saturated carbocycles. The standard InChI is InChI=1S/C17H15BrN4O6/c1-28-14-7-6-10(8-13(14)22(26)27)16(24)19-9-15(23)20-21-17(25)11-4-2-3-5-12(11)18/h2-8H,9H2,1H3,(H,19,24)(H,20,23)(H,21,25). The number of carbonyl (C=O) groups is 3. The molecule has 0 atom stereocenters. The summed E-state index contributed by atoms with van der Waals surface area (Å²) in [6, 6.07) is 10.3. The molecule has 0 aliphatic heterocycles. The van der Waals surface area contributed by atoms with Crippen LogP contribution in [-0.4, -0.2) is 36.3 Å². The van der Waals surface area contributed by atoms with Gasteiger partial charge in [-0.15, -0.1) is 0 Å². The van der Waals surface area contributed by atoms with Gasteiger partial charge in [0, 0.05) is 16.1 Å². The predicted octanol–water partition coefficient (Wildman–Crippen LogP) is 1.56. The number of nitrogens with zero attached hydrogens (tertiary/aromatic N) is 1. The second kappa shape index (κ2) is 9.46. The van der Waals surface area contributed by atoms with Crippen molar-refractivity contribution in [2.24, 2.45) is 0 Å². The van der Waals surface area contributed by atoms with E-state index in [9.17, 15) is 24.5 Å². The van der Waals surface area contributed by atoms with Crippen LogP contribution in [0, 0.1) is 10.1 Å². The third-order valence-electron chi connectivity index (χ3n) is 3.48. The van der Waals surface area contributed by atoms with Crippen molar-refractivity contribution >= 4 is 39.3 Å². The van der Waals surface area contributed by atoms with E-state index in [4.69, 9.17) is 4.74 Å². The summed E-state index contributed by atoms with van der Waals surface area (Å²) < 4.78 is 5.41. The van der Waals surface area contributed by atoms with Crippen LogP contribution in [0.5, 0.6) is 5.75 Å². The van der Waals surface area contributed by atoms with Gasteiger partial charge in [0.25, 0.3) is 17.7 Å². The zero-order valence-corrected chi connectivity index (χ0v) is 16.1. The van der Waals surface area contributed by atoms with E-state index in [-0.39, 0.29) is 17.0 Å². The molecule has 0 saturated heterocycles. The van der Waals surface area contributed by atoms with Crippen LogP contribution in [0.15, 0.2) is 46.9 Å². The lowest BCUT2D eigenvalue weighted by atomic mass is 10.1. The van der Waals surface area contributed by atoms with Gasteiger partial charge in [-0.1, -0.05) is 12.1 Å². The molecule has 28 heavy (non-hydrogen) atoms. The largest absolute Gasteiger partial charge is 0.490 e. The van der Waals surface area contributed by atoms with Gasteiger partial charge in [-0.25, -0.2) is 0 Å². The molecule has 0 heterocycles. The smallest absolute Gasteiger partial charge is 0.311 e. The Bertz CT molecular complexity index is 934. The summed E-state index contributed by atoms with van der Waals surface area (Å²) in [7, 11) is 1.27. The predicted molar refractivity (Wildman–Crippen MR) is 102 cm³/mol. The third kappa shape index (κ3) is 5.27. The molecule has 0 radical (unpaired) electrons. The number of nitro groups is 1. The maximum Gasteiger partial charge on any atom is 0.311 e. The molecule has 0 aliphatic rings. The quantitative estimate of drug-likeness (QED) is 0.450. The number of halogens is 1. The van der Waals surface area contributed by atoms with Gasteiger partial charge < -0.3 is 10.1 Å². The van der Waals surface area contributed by atoms with Crippen LogP contribution in [-0.2, 0) is 4.79 Å². The van der Waals surface area contributed by atoms with Gasteiger partial charge in [0.1, 0.15) is 0 Å². The number of carbonyl (C=O) groups excluding carboxylic acids is 3. The van der Waals surface area contributed by atoms with Crippen molar-refractivity contribution in [3.63, 3.8) is 0 Å². The van der Waals surface area contributed by atoms with Crippen LogP contribution in [0.1, 0.15) is 20.7 Å². The van der Waals surface area contributed by atoms with Crippen LogP contribution in [0.2, 0.25) is 0 Å². The van der Waals surface area contributed by atoms with Gasteiger partial charge in [0.2, 0.25) is 0 Å². The molecular formula is C17H15BrN4O6. The molecule has 0 aromatic heterocycles. The van der Waals surface area contributed by atoms with Crippen LogP contribution < -0.4 is 20.9 Å². The molecular weight excluding hydrogens is 436 g/mol. The fraction of sp³-hybridized carbons (Fsp3) is 0.118. The van der Waals surface area contributed by atoms with Crippen molar-refractivity contribution in [2.45, 2.75) is 0 Å². The fourth-order valence-electron chi connectivity index (χ4n) is 2.12. The number of benzene rings is 2. The van der Waals surface area contributed by atoms with E-state index in [1.165, 1.54) is 19.2 Å². The minimum atomic E-state index is -0.696. The van der Waals surface area contributed by atoms with Gasteiger partial charge in [-0.2, -0.15) is 0 Å². The Balaban J connectivity index is 1.90. The van der Waals surface area contributed by atoms with E-state index in [1.807, 2.05) is 0 Å². The van der Waals surface area contributed by atoms with E-state index >= 15 is 0 Å². The van der Waals surface area contributed by atoms with Crippen LogP contribution >= 0.6 is 15.9 Å². The minimum Gasteiger partial charge on any atom is -0.490 e. The van der Waals surface area contributed by atoms with E-state index in [0.29, 0.717) is 10.0 Å². The van der Waals surface area contributed by atoms with Crippen molar-refractivity contribution in [1.82, 2.24) is 16.2 Å². The Kier molecular flexibility index (Phi) is 7.04. The Morgan fingerprint density at radius 3 is 2.46 bits per heavy atom. The lowest BCUT2D eigenvalue weighted by Crippen LogP contribution is -2.46. The topological polar surface area (TPSA) is 140 Å². The lowest BCUT2D eigenvalue weighted by molar-refractivity contribution is -0.385. The summed E-state index contributed by atoms with van der Waals surface area (Å²) in [6.45, 7) is -0.450. The minimum absolute atomic E-state index is 0.00841. The first-order chi connectivity index (χ1) is 13.3. The second-order valence-electron chi connectivity index (χ2n) is 5.31. The Labute approximate surface area is 167 Å². The van der Waals surface area contributed by atoms with Crippen LogP contribution in [0.4, 0.5) is 5.69 Å². The lowest BCUT2D eigenvalue weighted by Gasteiger charge is -2.09. The fourth-order valence-corrected chi connectivity index (χ4v) is 2.58. The van der Waals surface area contributed by atoms with Gasteiger partial charge >= 0.3 is 5.69 Å². The number of nitrogens with one attached hydrogen (secondary N) is 3. The molecule has 0 fully saturated rings. The third-order valence-corrected chi connectivity index (χ3v) is 4.17. The van der Waals surface area contributed by atoms with Crippen LogP contribution in [0.3, 0.4) is 0 Å². The summed E-state index contributed by atoms with van der Waals surface area (Å²) in [5.41, 5.74) is 4.30. The molecule has 0 bridgehead atoms. The zero-order chi connectivity index (χ0) is 20.7. The Morgan fingerprint density at radius 2 is 1.82 bits per heavy atom. The number of methoxy groups -OCH3 is 1. The second-order valence-corrected chi connectivity index (χ2v) is 6.16. The highest BCUT2D eigenvalue weighted by atomic mass is 79.9. The normalized spacial score (nSPS) is 9.93. The van der Waals surface area contributed by atoms with Crippen molar-refractivity contribution in [3.8, 4) is 5.75 Å². The molecule has 0 unspecified atom stereocenters. The molecule has 2 rings (SSSR count). The first-order valence-corrected chi connectivity index (χ1v) is 8.57. The average Bonchev–Trinajstić information content (AvgIpc) is 2.69. The number of amides is 3. The molecule has 2 aromatic rings. The highest BCUT2D eigenvalue weighted by Gasteiger charge is 2.18. The summed E-state index contributed by atoms with van der Waals surface area (Å²) in [6.07, 6.45) is 0. The molecule has 0 spiro atoms. The molecule has 0 aliphatic carbocycles. The highest BCUT2D eigenvalue weighted by molar-refractivity contribution is 9.10. The molecule has 3 amide bonds. The first kappa shape index (κ1) is 20.8. The molecule has 146 valence electrons. The molecule has 11 heteroatoms. The molecule has 3 N–H and O–H groups in total.